The average molecular weight is 539 g/mol. The van der Waals surface area contributed by atoms with Gasteiger partial charge in [0.1, 0.15) is 11.9 Å². The molecule has 2 fully saturated rings. The minimum absolute atomic E-state index is 0.0608. The van der Waals surface area contributed by atoms with Crippen LogP contribution in [0.2, 0.25) is 5.02 Å². The van der Waals surface area contributed by atoms with Gasteiger partial charge in [0.2, 0.25) is 11.8 Å². The molecule has 3 amide bonds. The van der Waals surface area contributed by atoms with Gasteiger partial charge in [-0.15, -0.1) is 0 Å². The number of halogens is 5. The zero-order valence-electron chi connectivity index (χ0n) is 19.6. The van der Waals surface area contributed by atoms with Gasteiger partial charge in [0.05, 0.1) is 11.3 Å². The largest absolute Gasteiger partial charge is 0.416 e. The van der Waals surface area contributed by atoms with E-state index in [-0.39, 0.29) is 48.0 Å². The molecule has 2 aromatic rings. The van der Waals surface area contributed by atoms with Gasteiger partial charge in [-0.25, -0.2) is 4.39 Å². The number of benzene rings is 2. The van der Waals surface area contributed by atoms with Gasteiger partial charge in [-0.05, 0) is 47.9 Å². The van der Waals surface area contributed by atoms with Gasteiger partial charge in [0, 0.05) is 56.3 Å². The van der Waals surface area contributed by atoms with Crippen molar-refractivity contribution >= 4 is 35.0 Å². The molecule has 1 unspecified atom stereocenters. The molecule has 0 aliphatic carbocycles. The molecule has 1 atom stereocenters. The van der Waals surface area contributed by atoms with Crippen molar-refractivity contribution in [2.75, 3.05) is 31.1 Å². The Morgan fingerprint density at radius 2 is 1.76 bits per heavy atom. The van der Waals surface area contributed by atoms with Crippen LogP contribution >= 0.6 is 11.6 Å². The molecule has 7 nitrogen and oxygen atoms in total. The molecule has 3 heterocycles. The number of carbonyl (C=O) groups excluding carboxylic acids is 3. The first-order valence-electron chi connectivity index (χ1n) is 11.8. The Balaban J connectivity index is 1.27. The second-order valence-corrected chi connectivity index (χ2v) is 9.86. The lowest BCUT2D eigenvalue weighted by Gasteiger charge is -2.36. The molecule has 0 spiro atoms. The summed E-state index contributed by atoms with van der Waals surface area (Å²) < 4.78 is 55.3. The SMILES string of the molecule is O=C1CCC(N2Cc3cc(N4CCN(Cc5cc(Cl)ccc5C(F)(F)F)CC4)c(F)cc3C2=O)C(=O)N1. The number of carbonyl (C=O) groups is 3. The van der Waals surface area contributed by atoms with Gasteiger partial charge in [-0.3, -0.25) is 24.6 Å². The molecule has 0 radical (unpaired) electrons. The number of anilines is 1. The molecule has 2 aromatic carbocycles. The molecule has 0 saturated carbocycles. The second kappa shape index (κ2) is 9.60. The van der Waals surface area contributed by atoms with Crippen LogP contribution in [-0.2, 0) is 28.9 Å². The highest BCUT2D eigenvalue weighted by Crippen LogP contribution is 2.35. The van der Waals surface area contributed by atoms with Crippen molar-refractivity contribution in [1.29, 1.82) is 0 Å². The number of piperidine rings is 1. The number of hydrogen-bond donors (Lipinski definition) is 1. The lowest BCUT2D eigenvalue weighted by Crippen LogP contribution is -2.52. The Kier molecular flexibility index (Phi) is 6.61. The first kappa shape index (κ1) is 25.5. The molecule has 0 bridgehead atoms. The highest BCUT2D eigenvalue weighted by atomic mass is 35.5. The third-order valence-corrected chi connectivity index (χ3v) is 7.31. The number of fused-ring (bicyclic) bond motifs is 1. The van der Waals surface area contributed by atoms with E-state index in [1.807, 2.05) is 4.90 Å². The molecule has 3 aliphatic heterocycles. The average Bonchev–Trinajstić information content (AvgIpc) is 3.13. The molecule has 12 heteroatoms. The van der Waals surface area contributed by atoms with Crippen LogP contribution in [0.1, 0.15) is 39.9 Å². The predicted octanol–water partition coefficient (Wildman–Crippen LogP) is 3.58. The maximum atomic E-state index is 15.1. The van der Waals surface area contributed by atoms with Crippen molar-refractivity contribution in [3.05, 3.63) is 63.4 Å². The van der Waals surface area contributed by atoms with Gasteiger partial charge < -0.3 is 9.80 Å². The smallest absolute Gasteiger partial charge is 0.367 e. The van der Waals surface area contributed by atoms with Crippen LogP contribution in [0.3, 0.4) is 0 Å². The lowest BCUT2D eigenvalue weighted by molar-refractivity contribution is -0.139. The van der Waals surface area contributed by atoms with E-state index < -0.39 is 35.4 Å². The summed E-state index contributed by atoms with van der Waals surface area (Å²) in [6.45, 7) is 1.75. The monoisotopic (exact) mass is 538 g/mol. The zero-order chi connectivity index (χ0) is 26.5. The van der Waals surface area contributed by atoms with Crippen molar-refractivity contribution in [3.8, 4) is 0 Å². The molecule has 3 aliphatic rings. The van der Waals surface area contributed by atoms with Crippen molar-refractivity contribution < 1.29 is 31.9 Å². The van der Waals surface area contributed by atoms with E-state index in [4.69, 9.17) is 11.6 Å². The van der Waals surface area contributed by atoms with Crippen LogP contribution in [0.4, 0.5) is 23.2 Å². The fourth-order valence-corrected chi connectivity index (χ4v) is 5.37. The van der Waals surface area contributed by atoms with Crippen molar-refractivity contribution in [3.63, 3.8) is 0 Å². The topological polar surface area (TPSA) is 73.0 Å². The van der Waals surface area contributed by atoms with E-state index in [9.17, 15) is 27.6 Å². The van der Waals surface area contributed by atoms with Crippen LogP contribution in [0, 0.1) is 5.82 Å². The molecule has 1 N–H and O–H groups in total. The Morgan fingerprint density at radius 1 is 1.03 bits per heavy atom. The molecule has 37 heavy (non-hydrogen) atoms. The molecular formula is C25H23ClF4N4O3. The van der Waals surface area contributed by atoms with Gasteiger partial charge in [-0.2, -0.15) is 13.2 Å². The fraction of sp³-hybridized carbons (Fsp3) is 0.400. The zero-order valence-corrected chi connectivity index (χ0v) is 20.3. The Hall–Kier alpha value is -3.18. The van der Waals surface area contributed by atoms with Crippen LogP contribution in [0.25, 0.3) is 0 Å². The van der Waals surface area contributed by atoms with E-state index in [1.165, 1.54) is 23.1 Å². The molecule has 0 aromatic heterocycles. The summed E-state index contributed by atoms with van der Waals surface area (Å²) in [5.41, 5.74) is 0.431. The number of nitrogens with zero attached hydrogens (tertiary/aromatic N) is 3. The number of piperazine rings is 1. The Labute approximate surface area is 214 Å². The first-order valence-corrected chi connectivity index (χ1v) is 12.2. The van der Waals surface area contributed by atoms with Crippen molar-refractivity contribution in [1.82, 2.24) is 15.1 Å². The van der Waals surface area contributed by atoms with Crippen molar-refractivity contribution in [2.45, 2.75) is 38.1 Å². The highest BCUT2D eigenvalue weighted by Gasteiger charge is 2.40. The summed E-state index contributed by atoms with van der Waals surface area (Å²) in [4.78, 5) is 41.6. The molecular weight excluding hydrogens is 516 g/mol. The summed E-state index contributed by atoms with van der Waals surface area (Å²) in [5, 5.41) is 2.46. The van der Waals surface area contributed by atoms with E-state index in [2.05, 4.69) is 5.32 Å². The molecule has 196 valence electrons. The van der Waals surface area contributed by atoms with E-state index >= 15 is 4.39 Å². The number of nitrogens with one attached hydrogen (secondary N) is 1. The number of hydrogen-bond acceptors (Lipinski definition) is 5. The van der Waals surface area contributed by atoms with Crippen LogP contribution in [-0.4, -0.2) is 59.7 Å². The predicted molar refractivity (Wildman–Crippen MR) is 126 cm³/mol. The van der Waals surface area contributed by atoms with E-state index in [0.717, 1.165) is 6.07 Å². The van der Waals surface area contributed by atoms with Gasteiger partial charge in [0.15, 0.2) is 0 Å². The number of imide groups is 1. The minimum atomic E-state index is -4.49. The van der Waals surface area contributed by atoms with Crippen LogP contribution in [0.15, 0.2) is 30.3 Å². The van der Waals surface area contributed by atoms with Crippen LogP contribution in [0.5, 0.6) is 0 Å². The quantitative estimate of drug-likeness (QED) is 0.476. The highest BCUT2D eigenvalue weighted by molar-refractivity contribution is 6.30. The van der Waals surface area contributed by atoms with Gasteiger partial charge >= 0.3 is 6.18 Å². The fourth-order valence-electron chi connectivity index (χ4n) is 5.18. The summed E-state index contributed by atoms with van der Waals surface area (Å²) in [6.07, 6.45) is -4.15. The number of alkyl halides is 3. The first-order chi connectivity index (χ1) is 17.5. The van der Waals surface area contributed by atoms with E-state index in [0.29, 0.717) is 37.4 Å². The molecule has 2 saturated heterocycles. The maximum Gasteiger partial charge on any atom is 0.416 e. The third-order valence-electron chi connectivity index (χ3n) is 7.07. The maximum absolute atomic E-state index is 15.1. The third kappa shape index (κ3) is 5.02. The van der Waals surface area contributed by atoms with E-state index in [1.54, 1.807) is 11.0 Å². The number of amides is 3. The number of rotatable bonds is 4. The minimum Gasteiger partial charge on any atom is -0.367 e. The Bertz CT molecular complexity index is 1280. The van der Waals surface area contributed by atoms with Gasteiger partial charge in [-0.1, -0.05) is 11.6 Å². The van der Waals surface area contributed by atoms with Crippen LogP contribution < -0.4 is 10.2 Å². The summed E-state index contributed by atoms with van der Waals surface area (Å²) in [6, 6.07) is 5.50. The van der Waals surface area contributed by atoms with Gasteiger partial charge in [0.25, 0.3) is 5.91 Å². The Morgan fingerprint density at radius 3 is 2.43 bits per heavy atom. The summed E-state index contributed by atoms with van der Waals surface area (Å²) >= 11 is 5.94. The second-order valence-electron chi connectivity index (χ2n) is 9.42. The summed E-state index contributed by atoms with van der Waals surface area (Å²) in [7, 11) is 0. The summed E-state index contributed by atoms with van der Waals surface area (Å²) in [5.74, 6) is -1.97. The standard InChI is InChI=1S/C25H23ClF4N4O3/c26-16-1-2-18(25(28,29)30)15(9-16)12-32-5-7-33(8-6-32)21-10-14-13-34(24(37)17(14)11-19(21)27)20-3-4-22(35)31-23(20)36/h1-2,9-11,20H,3-8,12-13H2,(H,31,35,36). The normalized spacial score (nSPS) is 20.9. The van der Waals surface area contributed by atoms with Crippen molar-refractivity contribution in [2.24, 2.45) is 0 Å². The molecule has 5 rings (SSSR count). The lowest BCUT2D eigenvalue weighted by atomic mass is 10.0.